The number of hydrogen-bond donors (Lipinski definition) is 3. The summed E-state index contributed by atoms with van der Waals surface area (Å²) in [5.41, 5.74) is 1.04. The molecule has 0 radical (unpaired) electrons. The first kappa shape index (κ1) is 20.6. The van der Waals surface area contributed by atoms with Crippen molar-refractivity contribution < 1.29 is 23.8 Å². The van der Waals surface area contributed by atoms with Gasteiger partial charge in [-0.05, 0) is 37.1 Å². The van der Waals surface area contributed by atoms with Crippen molar-refractivity contribution in [2.75, 3.05) is 29.9 Å². The van der Waals surface area contributed by atoms with Crippen LogP contribution in [-0.2, 0) is 0 Å². The maximum atomic E-state index is 14.4. The van der Waals surface area contributed by atoms with Crippen LogP contribution in [0.3, 0.4) is 0 Å². The van der Waals surface area contributed by atoms with Gasteiger partial charge in [0.25, 0.3) is 0 Å². The first-order valence-electron chi connectivity index (χ1n) is 10.4. The number of aliphatic hydroxyl groups excluding tert-OH is 2. The van der Waals surface area contributed by atoms with Gasteiger partial charge < -0.3 is 25.3 Å². The monoisotopic (exact) mass is 444 g/mol. The van der Waals surface area contributed by atoms with Crippen molar-refractivity contribution in [1.82, 2.24) is 19.5 Å². The van der Waals surface area contributed by atoms with Crippen LogP contribution in [0.1, 0.15) is 24.4 Å². The van der Waals surface area contributed by atoms with Crippen LogP contribution in [0, 0.1) is 11.6 Å². The zero-order valence-corrected chi connectivity index (χ0v) is 17.0. The van der Waals surface area contributed by atoms with Gasteiger partial charge >= 0.3 is 6.03 Å². The molecule has 2 aliphatic rings. The molecule has 2 saturated heterocycles. The summed E-state index contributed by atoms with van der Waals surface area (Å²) >= 11 is 0. The number of carbonyl (C=O) groups is 1. The lowest BCUT2D eigenvalue weighted by Crippen LogP contribution is -2.34. The molecule has 4 heterocycles. The Morgan fingerprint density at radius 1 is 1.16 bits per heavy atom. The molecule has 11 heteroatoms. The lowest BCUT2D eigenvalue weighted by Gasteiger charge is -2.26. The van der Waals surface area contributed by atoms with E-state index in [-0.39, 0.29) is 24.7 Å². The standard InChI is InChI=1S/C21H22F2N6O3/c22-12-3-4-14(23)13(8-12)16-2-1-6-28(16)19-5-7-29-20(26-19)15(9-24-29)25-21(32)27-10-17(30)18(31)11-27/h3-5,7-9,16-18,30-31H,1-2,6,10-11H2,(H,25,32)/t16?,17-,18-/m1/s1. The fourth-order valence-electron chi connectivity index (χ4n) is 4.37. The number of halogens is 2. The molecule has 1 aromatic carbocycles. The third-order valence-corrected chi connectivity index (χ3v) is 6.01. The van der Waals surface area contributed by atoms with Gasteiger partial charge in [0.2, 0.25) is 0 Å². The van der Waals surface area contributed by atoms with E-state index in [1.54, 1.807) is 12.3 Å². The normalized spacial score (nSPS) is 23.3. The van der Waals surface area contributed by atoms with Crippen LogP contribution in [0.4, 0.5) is 25.1 Å². The van der Waals surface area contributed by atoms with Crippen LogP contribution in [0.15, 0.2) is 36.7 Å². The number of aromatic nitrogens is 3. The second kappa shape index (κ2) is 7.99. The number of aliphatic hydroxyl groups is 2. The fourth-order valence-corrected chi connectivity index (χ4v) is 4.37. The van der Waals surface area contributed by atoms with Crippen LogP contribution < -0.4 is 10.2 Å². The quantitative estimate of drug-likeness (QED) is 0.570. The smallest absolute Gasteiger partial charge is 0.322 e. The Labute approximate surface area is 181 Å². The van der Waals surface area contributed by atoms with E-state index in [1.165, 1.54) is 21.7 Å². The third-order valence-electron chi connectivity index (χ3n) is 6.01. The Morgan fingerprint density at radius 2 is 1.94 bits per heavy atom. The van der Waals surface area contributed by atoms with Crippen molar-refractivity contribution >= 4 is 23.2 Å². The van der Waals surface area contributed by atoms with Gasteiger partial charge in [-0.15, -0.1) is 0 Å². The van der Waals surface area contributed by atoms with Gasteiger partial charge in [0.15, 0.2) is 5.65 Å². The number of β-amino-alcohol motifs (C(OH)–C–C–N with tert-alkyl or cyclic N) is 2. The predicted molar refractivity (Wildman–Crippen MR) is 111 cm³/mol. The largest absolute Gasteiger partial charge is 0.388 e. The van der Waals surface area contributed by atoms with Crippen molar-refractivity contribution in [3.8, 4) is 0 Å². The Kier molecular flexibility index (Phi) is 5.14. The molecule has 32 heavy (non-hydrogen) atoms. The molecular formula is C21H22F2N6O3. The second-order valence-corrected chi connectivity index (χ2v) is 8.10. The summed E-state index contributed by atoms with van der Waals surface area (Å²) in [6.07, 6.45) is 2.65. The minimum atomic E-state index is -0.982. The molecule has 5 rings (SSSR count). The molecule has 1 unspecified atom stereocenters. The number of rotatable bonds is 3. The van der Waals surface area contributed by atoms with Crippen LogP contribution in [0.5, 0.6) is 0 Å². The minimum absolute atomic E-state index is 0.0273. The van der Waals surface area contributed by atoms with Crippen LogP contribution >= 0.6 is 0 Å². The molecule has 0 bridgehead atoms. The highest BCUT2D eigenvalue weighted by Crippen LogP contribution is 2.37. The molecular weight excluding hydrogens is 422 g/mol. The average Bonchev–Trinajstić information content (AvgIpc) is 3.49. The summed E-state index contributed by atoms with van der Waals surface area (Å²) in [4.78, 5) is 20.4. The number of fused-ring (bicyclic) bond motifs is 1. The van der Waals surface area contributed by atoms with Gasteiger partial charge in [-0.3, -0.25) is 0 Å². The number of urea groups is 1. The Hall–Kier alpha value is -3.31. The molecule has 0 spiro atoms. The first-order chi connectivity index (χ1) is 15.4. The number of anilines is 2. The van der Waals surface area contributed by atoms with E-state index in [0.717, 1.165) is 18.6 Å². The highest BCUT2D eigenvalue weighted by Gasteiger charge is 2.33. The van der Waals surface area contributed by atoms with Crippen molar-refractivity contribution in [2.24, 2.45) is 0 Å². The number of amides is 2. The van der Waals surface area contributed by atoms with Gasteiger partial charge in [-0.25, -0.2) is 23.1 Å². The van der Waals surface area contributed by atoms with E-state index in [9.17, 15) is 23.8 Å². The molecule has 2 aliphatic heterocycles. The zero-order chi connectivity index (χ0) is 22.4. The van der Waals surface area contributed by atoms with Gasteiger partial charge in [-0.1, -0.05) is 0 Å². The molecule has 2 aromatic heterocycles. The second-order valence-electron chi connectivity index (χ2n) is 8.10. The number of hydrogen-bond acceptors (Lipinski definition) is 6. The molecule has 168 valence electrons. The average molecular weight is 444 g/mol. The predicted octanol–water partition coefficient (Wildman–Crippen LogP) is 1.92. The molecule has 3 atom stereocenters. The van der Waals surface area contributed by atoms with Crippen LogP contribution in [-0.4, -0.2) is 67.6 Å². The third kappa shape index (κ3) is 3.63. The Morgan fingerprint density at radius 3 is 2.72 bits per heavy atom. The maximum Gasteiger partial charge on any atom is 0.322 e. The van der Waals surface area contributed by atoms with Gasteiger partial charge in [0, 0.05) is 18.3 Å². The van der Waals surface area contributed by atoms with E-state index in [2.05, 4.69) is 15.4 Å². The molecule has 2 fully saturated rings. The van der Waals surface area contributed by atoms with Crippen LogP contribution in [0.25, 0.3) is 5.65 Å². The molecule has 0 aliphatic carbocycles. The van der Waals surface area contributed by atoms with E-state index < -0.39 is 29.9 Å². The number of carbonyl (C=O) groups excluding carboxylic acids is 1. The summed E-state index contributed by atoms with van der Waals surface area (Å²) in [6.45, 7) is 0.683. The van der Waals surface area contributed by atoms with E-state index in [0.29, 0.717) is 30.1 Å². The Bertz CT molecular complexity index is 1160. The van der Waals surface area contributed by atoms with E-state index >= 15 is 0 Å². The fraction of sp³-hybridized carbons (Fsp3) is 0.381. The number of nitrogens with one attached hydrogen (secondary N) is 1. The summed E-state index contributed by atoms with van der Waals surface area (Å²) in [6, 6.07) is 4.36. The number of benzene rings is 1. The van der Waals surface area contributed by atoms with E-state index in [4.69, 9.17) is 0 Å². The van der Waals surface area contributed by atoms with Gasteiger partial charge in [0.05, 0.1) is 37.5 Å². The topological polar surface area (TPSA) is 106 Å². The summed E-state index contributed by atoms with van der Waals surface area (Å²) in [5.74, 6) is -0.391. The lowest BCUT2D eigenvalue weighted by molar-refractivity contribution is 0.0572. The minimum Gasteiger partial charge on any atom is -0.388 e. The van der Waals surface area contributed by atoms with Crippen molar-refractivity contribution in [3.05, 3.63) is 53.9 Å². The highest BCUT2D eigenvalue weighted by molar-refractivity contribution is 5.93. The zero-order valence-electron chi connectivity index (χ0n) is 17.0. The molecule has 0 saturated carbocycles. The van der Waals surface area contributed by atoms with Crippen molar-refractivity contribution in [3.63, 3.8) is 0 Å². The van der Waals surface area contributed by atoms with E-state index in [1.807, 2.05) is 4.90 Å². The first-order valence-corrected chi connectivity index (χ1v) is 10.4. The molecule has 2 amide bonds. The summed E-state index contributed by atoms with van der Waals surface area (Å²) in [7, 11) is 0. The SMILES string of the molecule is O=C(Nc1cnn2ccc(N3CCCC3c3cc(F)ccc3F)nc12)N1C[C@@H](O)[C@H](O)C1. The summed E-state index contributed by atoms with van der Waals surface area (Å²) in [5, 5.41) is 26.3. The van der Waals surface area contributed by atoms with Crippen LogP contribution in [0.2, 0.25) is 0 Å². The number of nitrogens with zero attached hydrogens (tertiary/aromatic N) is 5. The highest BCUT2D eigenvalue weighted by atomic mass is 19.1. The van der Waals surface area contributed by atoms with Gasteiger partial charge in [0.1, 0.15) is 23.1 Å². The summed E-state index contributed by atoms with van der Waals surface area (Å²) < 4.78 is 29.7. The van der Waals surface area contributed by atoms with Gasteiger partial charge in [-0.2, -0.15) is 5.10 Å². The molecule has 3 N–H and O–H groups in total. The number of likely N-dealkylation sites (tertiary alicyclic amines) is 1. The van der Waals surface area contributed by atoms with Crippen molar-refractivity contribution in [1.29, 1.82) is 0 Å². The Balaban J connectivity index is 1.42. The lowest BCUT2D eigenvalue weighted by atomic mass is 10.0. The molecule has 3 aromatic rings. The molecule has 9 nitrogen and oxygen atoms in total. The maximum absolute atomic E-state index is 14.4. The van der Waals surface area contributed by atoms with Crippen molar-refractivity contribution in [2.45, 2.75) is 31.1 Å².